The van der Waals surface area contributed by atoms with Gasteiger partial charge in [0.2, 0.25) is 5.91 Å². The summed E-state index contributed by atoms with van der Waals surface area (Å²) >= 11 is 0. The highest BCUT2D eigenvalue weighted by Crippen LogP contribution is 2.16. The lowest BCUT2D eigenvalue weighted by Crippen LogP contribution is -2.42. The van der Waals surface area contributed by atoms with Crippen molar-refractivity contribution < 1.29 is 19.1 Å². The molecule has 0 atom stereocenters. The molecule has 2 N–H and O–H groups in total. The maximum atomic E-state index is 12.8. The molecule has 148 valence electrons. The summed E-state index contributed by atoms with van der Waals surface area (Å²) in [6.07, 6.45) is 4.86. The van der Waals surface area contributed by atoms with Crippen molar-refractivity contribution in [3.63, 3.8) is 0 Å². The van der Waals surface area contributed by atoms with E-state index in [-0.39, 0.29) is 11.1 Å². The number of nitrogens with one attached hydrogen (secondary N) is 2. The van der Waals surface area contributed by atoms with Crippen LogP contribution < -0.4 is 16.4 Å². The van der Waals surface area contributed by atoms with Crippen LogP contribution in [-0.4, -0.2) is 33.9 Å². The zero-order valence-corrected chi connectivity index (χ0v) is 15.6. The number of hydrazine groups is 1. The molecule has 1 aromatic carbocycles. The molecule has 3 rings (SSSR count). The summed E-state index contributed by atoms with van der Waals surface area (Å²) < 4.78 is 6.67. The Morgan fingerprint density at radius 2 is 1.93 bits per heavy atom. The van der Waals surface area contributed by atoms with Crippen LogP contribution in [-0.2, 0) is 27.3 Å². The van der Waals surface area contributed by atoms with E-state index in [2.05, 4.69) is 15.8 Å². The molecular weight excluding hydrogens is 364 g/mol. The van der Waals surface area contributed by atoms with Gasteiger partial charge in [0.05, 0.1) is 16.5 Å². The zero-order valence-electron chi connectivity index (χ0n) is 15.6. The van der Waals surface area contributed by atoms with Crippen molar-refractivity contribution >= 4 is 28.7 Å². The number of carbonyl (C=O) groups is 3. The molecule has 0 saturated heterocycles. The van der Waals surface area contributed by atoms with Gasteiger partial charge >= 0.3 is 5.97 Å². The molecule has 2 amide bonds. The number of aryl methyl sites for hydroxylation is 1. The lowest BCUT2D eigenvalue weighted by atomic mass is 10.1. The van der Waals surface area contributed by atoms with Crippen molar-refractivity contribution in [2.75, 3.05) is 6.61 Å². The van der Waals surface area contributed by atoms with Crippen LogP contribution in [0.2, 0.25) is 0 Å². The summed E-state index contributed by atoms with van der Waals surface area (Å²) in [6, 6.07) is 4.55. The van der Waals surface area contributed by atoms with Crippen molar-refractivity contribution in [2.45, 2.75) is 45.6 Å². The topological polar surface area (TPSA) is 119 Å². The Labute approximate surface area is 161 Å². The molecule has 9 nitrogen and oxygen atoms in total. The quantitative estimate of drug-likeness (QED) is 0.596. The highest BCUT2D eigenvalue weighted by atomic mass is 16.5. The van der Waals surface area contributed by atoms with E-state index in [0.717, 1.165) is 37.9 Å². The van der Waals surface area contributed by atoms with E-state index in [4.69, 9.17) is 4.74 Å². The Kier molecular flexibility index (Phi) is 6.03. The average Bonchev–Trinajstić information content (AvgIpc) is 2.65. The van der Waals surface area contributed by atoms with Gasteiger partial charge in [-0.05, 0) is 31.0 Å². The summed E-state index contributed by atoms with van der Waals surface area (Å²) in [5.41, 5.74) is 4.74. The Bertz CT molecular complexity index is 982. The summed E-state index contributed by atoms with van der Waals surface area (Å²) in [6.45, 7) is 1.35. The van der Waals surface area contributed by atoms with Crippen LogP contribution in [0.3, 0.4) is 0 Å². The van der Waals surface area contributed by atoms with Crippen molar-refractivity contribution in [1.82, 2.24) is 20.4 Å². The van der Waals surface area contributed by atoms with E-state index in [1.165, 1.54) is 19.1 Å². The number of aromatic nitrogens is 2. The number of esters is 1. The van der Waals surface area contributed by atoms with Gasteiger partial charge in [0.15, 0.2) is 6.61 Å². The number of rotatable bonds is 3. The van der Waals surface area contributed by atoms with Crippen molar-refractivity contribution in [3.8, 4) is 0 Å². The molecule has 1 aliphatic heterocycles. The normalized spacial score (nSPS) is 13.8. The van der Waals surface area contributed by atoms with Gasteiger partial charge in [-0.1, -0.05) is 12.8 Å². The third kappa shape index (κ3) is 4.54. The fourth-order valence-corrected chi connectivity index (χ4v) is 3.13. The zero-order chi connectivity index (χ0) is 20.1. The van der Waals surface area contributed by atoms with Gasteiger partial charge in [-0.15, -0.1) is 0 Å². The standard InChI is InChI=1S/C19H22N4O5/c1-12(24)21-22-17(25)11-28-19(27)13-7-8-14-15(10-13)20-16-6-4-2-3-5-9-23(16)18(14)26/h7-8,10H,2-6,9,11H2,1H3,(H,21,24)(H,22,25). The van der Waals surface area contributed by atoms with Crippen LogP contribution in [0.25, 0.3) is 10.9 Å². The number of carbonyl (C=O) groups excluding carboxylic acids is 3. The number of benzene rings is 1. The molecule has 2 heterocycles. The molecule has 0 spiro atoms. The number of nitrogens with zero attached hydrogens (tertiary/aromatic N) is 2. The molecule has 1 aromatic heterocycles. The fraction of sp³-hybridized carbons (Fsp3) is 0.421. The monoisotopic (exact) mass is 386 g/mol. The second-order valence-corrected chi connectivity index (χ2v) is 6.69. The van der Waals surface area contributed by atoms with Gasteiger partial charge in [0.1, 0.15) is 5.82 Å². The van der Waals surface area contributed by atoms with E-state index in [9.17, 15) is 19.2 Å². The van der Waals surface area contributed by atoms with Crippen molar-refractivity contribution in [3.05, 3.63) is 39.9 Å². The Hall–Kier alpha value is -3.23. The average molecular weight is 386 g/mol. The molecule has 28 heavy (non-hydrogen) atoms. The van der Waals surface area contributed by atoms with Crippen LogP contribution in [0.15, 0.2) is 23.0 Å². The number of hydrogen-bond donors (Lipinski definition) is 2. The minimum Gasteiger partial charge on any atom is -0.452 e. The second-order valence-electron chi connectivity index (χ2n) is 6.69. The van der Waals surface area contributed by atoms with Crippen molar-refractivity contribution in [2.24, 2.45) is 0 Å². The molecule has 9 heteroatoms. The fourth-order valence-electron chi connectivity index (χ4n) is 3.13. The van der Waals surface area contributed by atoms with E-state index >= 15 is 0 Å². The summed E-state index contributed by atoms with van der Waals surface area (Å²) in [7, 11) is 0. The first kappa shape index (κ1) is 19.5. The molecule has 0 saturated carbocycles. The summed E-state index contributed by atoms with van der Waals surface area (Å²) in [5.74, 6) is -1.09. The molecule has 1 aliphatic rings. The summed E-state index contributed by atoms with van der Waals surface area (Å²) in [4.78, 5) is 51.8. The van der Waals surface area contributed by atoms with Gasteiger partial charge in [-0.3, -0.25) is 29.8 Å². The van der Waals surface area contributed by atoms with Gasteiger partial charge in [0.25, 0.3) is 11.5 Å². The predicted octanol–water partition coefficient (Wildman–Crippen LogP) is 0.837. The van der Waals surface area contributed by atoms with Gasteiger partial charge in [-0.25, -0.2) is 9.78 Å². The smallest absolute Gasteiger partial charge is 0.338 e. The SMILES string of the molecule is CC(=O)NNC(=O)COC(=O)c1ccc2c(=O)n3c(nc2c1)CCCCCC3. The lowest BCUT2D eigenvalue weighted by molar-refractivity contribution is -0.129. The summed E-state index contributed by atoms with van der Waals surface area (Å²) in [5, 5.41) is 0.448. The largest absolute Gasteiger partial charge is 0.452 e. The van der Waals surface area contributed by atoms with Crippen LogP contribution in [0.5, 0.6) is 0 Å². The molecule has 0 unspecified atom stereocenters. The minimum atomic E-state index is -0.714. The number of amides is 2. The molecule has 0 aliphatic carbocycles. The van der Waals surface area contributed by atoms with Gasteiger partial charge < -0.3 is 4.74 Å². The first-order chi connectivity index (χ1) is 13.5. The molecule has 2 aromatic rings. The molecule has 0 bridgehead atoms. The third-order valence-corrected chi connectivity index (χ3v) is 4.51. The van der Waals surface area contributed by atoms with Crippen LogP contribution in [0, 0.1) is 0 Å². The molecular formula is C19H22N4O5. The van der Waals surface area contributed by atoms with Crippen molar-refractivity contribution in [1.29, 1.82) is 0 Å². The third-order valence-electron chi connectivity index (χ3n) is 4.51. The minimum absolute atomic E-state index is 0.100. The molecule has 0 fully saturated rings. The van der Waals surface area contributed by atoms with Crippen LogP contribution in [0.4, 0.5) is 0 Å². The predicted molar refractivity (Wildman–Crippen MR) is 100 cm³/mol. The Morgan fingerprint density at radius 1 is 1.14 bits per heavy atom. The number of fused-ring (bicyclic) bond motifs is 2. The highest BCUT2D eigenvalue weighted by molar-refractivity contribution is 5.95. The maximum Gasteiger partial charge on any atom is 0.338 e. The first-order valence-corrected chi connectivity index (χ1v) is 9.22. The van der Waals surface area contributed by atoms with Crippen LogP contribution >= 0.6 is 0 Å². The van der Waals surface area contributed by atoms with E-state index in [1.807, 2.05) is 0 Å². The van der Waals surface area contributed by atoms with E-state index < -0.39 is 24.4 Å². The van der Waals surface area contributed by atoms with E-state index in [1.54, 1.807) is 10.6 Å². The van der Waals surface area contributed by atoms with Gasteiger partial charge in [-0.2, -0.15) is 0 Å². The number of ether oxygens (including phenoxy) is 1. The lowest BCUT2D eigenvalue weighted by Gasteiger charge is -2.16. The first-order valence-electron chi connectivity index (χ1n) is 9.22. The highest BCUT2D eigenvalue weighted by Gasteiger charge is 2.16. The maximum absolute atomic E-state index is 12.8. The number of hydrogen-bond acceptors (Lipinski definition) is 6. The Morgan fingerprint density at radius 3 is 2.71 bits per heavy atom. The van der Waals surface area contributed by atoms with Gasteiger partial charge in [0, 0.05) is 19.9 Å². The molecule has 0 radical (unpaired) electrons. The van der Waals surface area contributed by atoms with Crippen LogP contribution in [0.1, 0.15) is 48.8 Å². The Balaban J connectivity index is 1.78. The van der Waals surface area contributed by atoms with E-state index in [0.29, 0.717) is 17.4 Å². The second kappa shape index (κ2) is 8.64.